The van der Waals surface area contributed by atoms with Crippen molar-refractivity contribution in [3.8, 4) is 0 Å². The maximum Gasteiger partial charge on any atom is 0.243 e. The van der Waals surface area contributed by atoms with Crippen molar-refractivity contribution in [3.63, 3.8) is 0 Å². The minimum absolute atomic E-state index is 0.0599. The molecular formula is C19H30N2O3S. The summed E-state index contributed by atoms with van der Waals surface area (Å²) in [4.78, 5) is 12.7. The fraction of sp³-hybridized carbons (Fsp3) is 0.632. The van der Waals surface area contributed by atoms with Gasteiger partial charge < -0.3 is 5.32 Å². The number of hydrogen-bond acceptors (Lipinski definition) is 3. The number of nitrogens with zero attached hydrogens (tertiary/aromatic N) is 1. The van der Waals surface area contributed by atoms with Gasteiger partial charge in [0, 0.05) is 25.0 Å². The van der Waals surface area contributed by atoms with Crippen molar-refractivity contribution in [1.82, 2.24) is 9.62 Å². The van der Waals surface area contributed by atoms with Gasteiger partial charge in [0.2, 0.25) is 15.9 Å². The lowest BCUT2D eigenvalue weighted by atomic mass is 9.96. The maximum absolute atomic E-state index is 12.9. The van der Waals surface area contributed by atoms with Crippen LogP contribution in [0.3, 0.4) is 0 Å². The Hall–Kier alpha value is -1.40. The predicted molar refractivity (Wildman–Crippen MR) is 99.9 cm³/mol. The number of carbonyl (C=O) groups excluding carboxylic acids is 1. The molecule has 2 rings (SSSR count). The summed E-state index contributed by atoms with van der Waals surface area (Å²) in [5.74, 6) is -0.0332. The second-order valence-corrected chi connectivity index (χ2v) is 9.05. The quantitative estimate of drug-likeness (QED) is 0.841. The molecule has 0 aliphatic carbocycles. The van der Waals surface area contributed by atoms with Crippen LogP contribution in [0.15, 0.2) is 23.1 Å². The maximum atomic E-state index is 12.9. The first-order chi connectivity index (χ1) is 11.8. The first kappa shape index (κ1) is 19.9. The van der Waals surface area contributed by atoms with E-state index in [1.807, 2.05) is 32.9 Å². The normalized spacial score (nSPS) is 18.1. The molecule has 0 bridgehead atoms. The number of aryl methyl sites for hydroxylation is 2. The van der Waals surface area contributed by atoms with Crippen LogP contribution in [0.2, 0.25) is 0 Å². The third-order valence-corrected chi connectivity index (χ3v) is 6.94. The molecular weight excluding hydrogens is 336 g/mol. The lowest BCUT2D eigenvalue weighted by Crippen LogP contribution is -2.44. The number of sulfonamides is 1. The van der Waals surface area contributed by atoms with Crippen LogP contribution < -0.4 is 5.32 Å². The van der Waals surface area contributed by atoms with Gasteiger partial charge in [-0.1, -0.05) is 25.5 Å². The highest BCUT2D eigenvalue weighted by atomic mass is 32.2. The summed E-state index contributed by atoms with van der Waals surface area (Å²) in [5, 5.41) is 3.05. The molecule has 0 spiro atoms. The SMILES string of the molecule is CCCC(C)NC(=O)C1CCN(S(=O)(=O)c2cc(C)ccc2C)CC1. The number of nitrogens with one attached hydrogen (secondary N) is 1. The topological polar surface area (TPSA) is 66.5 Å². The Kier molecular flexibility index (Phi) is 6.63. The lowest BCUT2D eigenvalue weighted by Gasteiger charge is -2.31. The van der Waals surface area contributed by atoms with Gasteiger partial charge in [0.25, 0.3) is 0 Å². The summed E-state index contributed by atoms with van der Waals surface area (Å²) in [5.41, 5.74) is 1.70. The van der Waals surface area contributed by atoms with E-state index in [9.17, 15) is 13.2 Å². The second kappa shape index (κ2) is 8.32. The third kappa shape index (κ3) is 4.82. The van der Waals surface area contributed by atoms with Crippen LogP contribution in [-0.2, 0) is 14.8 Å². The van der Waals surface area contributed by atoms with Crippen LogP contribution in [0.25, 0.3) is 0 Å². The molecule has 1 unspecified atom stereocenters. The van der Waals surface area contributed by atoms with Crippen molar-refractivity contribution < 1.29 is 13.2 Å². The minimum Gasteiger partial charge on any atom is -0.353 e. The number of piperidine rings is 1. The molecule has 140 valence electrons. The number of carbonyl (C=O) groups is 1. The van der Waals surface area contributed by atoms with Crippen LogP contribution in [0.4, 0.5) is 0 Å². The lowest BCUT2D eigenvalue weighted by molar-refractivity contribution is -0.126. The standard InChI is InChI=1S/C19H30N2O3S/c1-5-6-16(4)20-19(22)17-9-11-21(12-10-17)25(23,24)18-13-14(2)7-8-15(18)3/h7-8,13,16-17H,5-6,9-12H2,1-4H3,(H,20,22). The Labute approximate surface area is 151 Å². The molecule has 0 radical (unpaired) electrons. The van der Waals surface area contributed by atoms with Gasteiger partial charge in [-0.3, -0.25) is 4.79 Å². The Morgan fingerprint density at radius 3 is 2.52 bits per heavy atom. The van der Waals surface area contributed by atoms with Crippen LogP contribution in [-0.4, -0.2) is 37.8 Å². The Bertz CT molecular complexity index is 707. The Morgan fingerprint density at radius 1 is 1.28 bits per heavy atom. The van der Waals surface area contributed by atoms with E-state index in [2.05, 4.69) is 12.2 Å². The summed E-state index contributed by atoms with van der Waals surface area (Å²) in [6, 6.07) is 5.67. The van der Waals surface area contributed by atoms with Gasteiger partial charge in [0.05, 0.1) is 4.90 Å². The van der Waals surface area contributed by atoms with E-state index in [1.54, 1.807) is 6.07 Å². The molecule has 1 aliphatic heterocycles. The Balaban J connectivity index is 2.01. The van der Waals surface area contributed by atoms with Crippen molar-refractivity contribution in [1.29, 1.82) is 0 Å². The molecule has 1 aliphatic rings. The highest BCUT2D eigenvalue weighted by molar-refractivity contribution is 7.89. The monoisotopic (exact) mass is 366 g/mol. The molecule has 0 aromatic heterocycles. The molecule has 1 amide bonds. The molecule has 6 heteroatoms. The smallest absolute Gasteiger partial charge is 0.243 e. The molecule has 1 aromatic carbocycles. The highest BCUT2D eigenvalue weighted by Gasteiger charge is 2.33. The van der Waals surface area contributed by atoms with Crippen molar-refractivity contribution in [2.45, 2.75) is 64.3 Å². The van der Waals surface area contributed by atoms with Crippen LogP contribution in [0.1, 0.15) is 50.7 Å². The highest BCUT2D eigenvalue weighted by Crippen LogP contribution is 2.26. The first-order valence-electron chi connectivity index (χ1n) is 9.13. The number of rotatable bonds is 6. The summed E-state index contributed by atoms with van der Waals surface area (Å²) >= 11 is 0. The van der Waals surface area contributed by atoms with Crippen LogP contribution in [0, 0.1) is 19.8 Å². The molecule has 5 nitrogen and oxygen atoms in total. The fourth-order valence-electron chi connectivity index (χ4n) is 3.35. The van der Waals surface area contributed by atoms with Crippen molar-refractivity contribution in [2.75, 3.05) is 13.1 Å². The zero-order valence-electron chi connectivity index (χ0n) is 15.7. The van der Waals surface area contributed by atoms with Gasteiger partial charge >= 0.3 is 0 Å². The van der Waals surface area contributed by atoms with E-state index in [0.29, 0.717) is 30.8 Å². The van der Waals surface area contributed by atoms with Crippen molar-refractivity contribution in [3.05, 3.63) is 29.3 Å². The zero-order chi connectivity index (χ0) is 18.6. The number of hydrogen-bond donors (Lipinski definition) is 1. The van der Waals surface area contributed by atoms with Crippen LogP contribution >= 0.6 is 0 Å². The minimum atomic E-state index is -3.49. The number of benzene rings is 1. The summed E-state index contributed by atoms with van der Waals surface area (Å²) in [6.07, 6.45) is 3.16. The molecule has 1 N–H and O–H groups in total. The fourth-order valence-corrected chi connectivity index (χ4v) is 5.13. The number of amides is 1. The zero-order valence-corrected chi connectivity index (χ0v) is 16.5. The van der Waals surface area contributed by atoms with Gasteiger partial charge in [-0.25, -0.2) is 8.42 Å². The van der Waals surface area contributed by atoms with Crippen molar-refractivity contribution in [2.24, 2.45) is 5.92 Å². The average molecular weight is 367 g/mol. The molecule has 1 saturated heterocycles. The first-order valence-corrected chi connectivity index (χ1v) is 10.6. The average Bonchev–Trinajstić information content (AvgIpc) is 2.57. The molecule has 25 heavy (non-hydrogen) atoms. The van der Waals surface area contributed by atoms with E-state index in [-0.39, 0.29) is 17.9 Å². The molecule has 1 fully saturated rings. The summed E-state index contributed by atoms with van der Waals surface area (Å²) < 4.78 is 27.4. The van der Waals surface area contributed by atoms with E-state index < -0.39 is 10.0 Å². The van der Waals surface area contributed by atoms with Gasteiger partial charge in [-0.05, 0) is 57.2 Å². The molecule has 1 atom stereocenters. The van der Waals surface area contributed by atoms with Gasteiger partial charge in [-0.15, -0.1) is 0 Å². The third-order valence-electron chi connectivity index (χ3n) is 4.90. The van der Waals surface area contributed by atoms with Crippen molar-refractivity contribution >= 4 is 15.9 Å². The van der Waals surface area contributed by atoms with Gasteiger partial charge in [0.15, 0.2) is 0 Å². The van der Waals surface area contributed by atoms with Crippen LogP contribution in [0.5, 0.6) is 0 Å². The molecule has 1 aromatic rings. The predicted octanol–water partition coefficient (Wildman–Crippen LogP) is 3.01. The second-order valence-electron chi connectivity index (χ2n) is 7.15. The van der Waals surface area contributed by atoms with E-state index in [4.69, 9.17) is 0 Å². The molecule has 1 heterocycles. The van der Waals surface area contributed by atoms with Gasteiger partial charge in [-0.2, -0.15) is 4.31 Å². The molecule has 0 saturated carbocycles. The summed E-state index contributed by atoms with van der Waals surface area (Å²) in [6.45, 7) is 8.63. The van der Waals surface area contributed by atoms with E-state index in [0.717, 1.165) is 24.0 Å². The van der Waals surface area contributed by atoms with E-state index >= 15 is 0 Å². The van der Waals surface area contributed by atoms with E-state index in [1.165, 1.54) is 4.31 Å². The van der Waals surface area contributed by atoms with Gasteiger partial charge in [0.1, 0.15) is 0 Å². The Morgan fingerprint density at radius 2 is 1.92 bits per heavy atom. The largest absolute Gasteiger partial charge is 0.353 e. The summed E-state index contributed by atoms with van der Waals surface area (Å²) in [7, 11) is -3.49.